The number of rotatable bonds is 4. The minimum absolute atomic E-state index is 0.197. The second-order valence-electron chi connectivity index (χ2n) is 6.05. The summed E-state index contributed by atoms with van der Waals surface area (Å²) in [6.07, 6.45) is 1.68. The molecule has 1 aromatic heterocycles. The van der Waals surface area contributed by atoms with Crippen molar-refractivity contribution in [3.63, 3.8) is 0 Å². The van der Waals surface area contributed by atoms with Crippen LogP contribution < -0.4 is 9.64 Å². The van der Waals surface area contributed by atoms with Crippen molar-refractivity contribution in [1.29, 1.82) is 0 Å². The first-order valence-electron chi connectivity index (χ1n) is 8.43. The van der Waals surface area contributed by atoms with E-state index in [0.29, 0.717) is 42.2 Å². The number of furan rings is 1. The maximum absolute atomic E-state index is 12.9. The molecule has 1 amide bonds. The second-order valence-corrected chi connectivity index (χ2v) is 8.54. The molecule has 0 bridgehead atoms. The summed E-state index contributed by atoms with van der Waals surface area (Å²) in [5.74, 6) is 1.68. The molecule has 0 radical (unpaired) electrons. The van der Waals surface area contributed by atoms with Crippen LogP contribution in [0.3, 0.4) is 0 Å². The van der Waals surface area contributed by atoms with Crippen LogP contribution in [0.25, 0.3) is 17.4 Å². The van der Waals surface area contributed by atoms with Gasteiger partial charge >= 0.3 is 0 Å². The molecule has 4 nitrogen and oxygen atoms in total. The number of hydrogen-bond acceptors (Lipinski definition) is 5. The summed E-state index contributed by atoms with van der Waals surface area (Å²) in [7, 11) is 1.59. The maximum atomic E-state index is 12.9. The minimum atomic E-state index is -0.197. The zero-order valence-corrected chi connectivity index (χ0v) is 18.2. The van der Waals surface area contributed by atoms with Gasteiger partial charge in [0.2, 0.25) is 0 Å². The first kappa shape index (κ1) is 20.0. The third-order valence-corrected chi connectivity index (χ3v) is 6.27. The summed E-state index contributed by atoms with van der Waals surface area (Å²) in [5, 5.41) is 0.923. The molecule has 0 spiro atoms. The Bertz CT molecular complexity index is 1140. The van der Waals surface area contributed by atoms with E-state index in [1.165, 1.54) is 16.7 Å². The molecule has 1 saturated heterocycles. The molecule has 0 saturated carbocycles. The number of halogens is 2. The lowest BCUT2D eigenvalue weighted by Gasteiger charge is -2.14. The van der Waals surface area contributed by atoms with Crippen molar-refractivity contribution >= 4 is 69.2 Å². The van der Waals surface area contributed by atoms with Gasteiger partial charge < -0.3 is 9.15 Å². The van der Waals surface area contributed by atoms with Gasteiger partial charge in [0, 0.05) is 11.6 Å². The molecule has 0 unspecified atom stereocenters. The summed E-state index contributed by atoms with van der Waals surface area (Å²) in [6.45, 7) is 0. The number of methoxy groups -OCH3 is 1. The fraction of sp³-hybridized carbons (Fsp3) is 0.0476. The van der Waals surface area contributed by atoms with Gasteiger partial charge in [-0.05, 0) is 54.6 Å². The molecule has 1 fully saturated rings. The molecule has 2 heterocycles. The van der Waals surface area contributed by atoms with Crippen LogP contribution in [0.4, 0.5) is 5.69 Å². The van der Waals surface area contributed by atoms with E-state index in [4.69, 9.17) is 44.6 Å². The lowest BCUT2D eigenvalue weighted by atomic mass is 10.2. The Morgan fingerprint density at radius 2 is 1.83 bits per heavy atom. The van der Waals surface area contributed by atoms with E-state index in [0.717, 1.165) is 5.56 Å². The highest BCUT2D eigenvalue weighted by atomic mass is 35.5. The number of carbonyl (C=O) groups is 1. The normalized spacial score (nSPS) is 15.4. The van der Waals surface area contributed by atoms with Crippen LogP contribution in [0.5, 0.6) is 5.75 Å². The monoisotopic (exact) mass is 461 g/mol. The third kappa shape index (κ3) is 4.07. The molecule has 8 heteroatoms. The average molecular weight is 462 g/mol. The number of anilines is 1. The molecule has 0 N–H and O–H groups in total. The average Bonchev–Trinajstić information content (AvgIpc) is 3.29. The molecule has 0 aliphatic carbocycles. The van der Waals surface area contributed by atoms with E-state index in [2.05, 4.69) is 0 Å². The number of nitrogens with zero attached hydrogens (tertiary/aromatic N) is 1. The number of amides is 1. The second kappa shape index (κ2) is 8.24. The Morgan fingerprint density at radius 3 is 2.52 bits per heavy atom. The molecule has 4 rings (SSSR count). The molecule has 1 aliphatic rings. The van der Waals surface area contributed by atoms with Crippen molar-refractivity contribution in [2.75, 3.05) is 12.0 Å². The molecule has 0 atom stereocenters. The van der Waals surface area contributed by atoms with Crippen molar-refractivity contribution in [2.24, 2.45) is 0 Å². The Hall–Kier alpha value is -2.25. The fourth-order valence-electron chi connectivity index (χ4n) is 2.79. The van der Waals surface area contributed by atoms with E-state index >= 15 is 0 Å². The quantitative estimate of drug-likeness (QED) is 0.320. The van der Waals surface area contributed by atoms with Crippen LogP contribution in [-0.2, 0) is 4.79 Å². The van der Waals surface area contributed by atoms with Crippen molar-refractivity contribution in [3.8, 4) is 17.1 Å². The fourth-order valence-corrected chi connectivity index (χ4v) is 4.36. The van der Waals surface area contributed by atoms with Gasteiger partial charge in [0.25, 0.3) is 5.91 Å². The molecular formula is C21H13Cl2NO3S2. The van der Waals surface area contributed by atoms with Gasteiger partial charge in [-0.15, -0.1) is 0 Å². The van der Waals surface area contributed by atoms with Gasteiger partial charge in [0.15, 0.2) is 4.32 Å². The van der Waals surface area contributed by atoms with Gasteiger partial charge in [-0.1, -0.05) is 47.2 Å². The summed E-state index contributed by atoms with van der Waals surface area (Å²) in [6, 6.07) is 16.0. The van der Waals surface area contributed by atoms with Crippen molar-refractivity contribution in [3.05, 3.63) is 75.3 Å². The highest BCUT2D eigenvalue weighted by Gasteiger charge is 2.33. The highest BCUT2D eigenvalue weighted by molar-refractivity contribution is 8.27. The molecule has 146 valence electrons. The zero-order chi connectivity index (χ0) is 20.5. The Kier molecular flexibility index (Phi) is 5.69. The first-order chi connectivity index (χ1) is 14.0. The van der Waals surface area contributed by atoms with E-state index in [-0.39, 0.29) is 5.91 Å². The van der Waals surface area contributed by atoms with Crippen molar-refractivity contribution in [1.82, 2.24) is 0 Å². The van der Waals surface area contributed by atoms with Crippen LogP contribution in [0.2, 0.25) is 10.0 Å². The SMILES string of the molecule is COc1ccc(N2C(=O)/C(=C\c3ccc(-c4ccc(Cl)c(Cl)c4)o3)SC2=S)cc1. The number of carbonyl (C=O) groups excluding carboxylic acids is 1. The number of ether oxygens (including phenoxy) is 1. The van der Waals surface area contributed by atoms with Gasteiger partial charge in [0.05, 0.1) is 27.7 Å². The minimum Gasteiger partial charge on any atom is -0.497 e. The van der Waals surface area contributed by atoms with Gasteiger partial charge in [0.1, 0.15) is 17.3 Å². The standard InChI is InChI=1S/C21H13Cl2NO3S2/c1-26-14-5-3-13(4-6-14)24-20(25)19(29-21(24)28)11-15-7-9-18(27-15)12-2-8-16(22)17(23)10-12/h2-11H,1H3/b19-11+. The van der Waals surface area contributed by atoms with Crippen LogP contribution >= 0.6 is 47.2 Å². The van der Waals surface area contributed by atoms with Crippen LogP contribution in [0, 0.1) is 0 Å². The van der Waals surface area contributed by atoms with E-state index in [9.17, 15) is 4.79 Å². The number of benzene rings is 2. The summed E-state index contributed by atoms with van der Waals surface area (Å²) in [5.41, 5.74) is 1.48. The third-order valence-electron chi connectivity index (χ3n) is 4.23. The van der Waals surface area contributed by atoms with Crippen molar-refractivity contribution in [2.45, 2.75) is 0 Å². The van der Waals surface area contributed by atoms with Gasteiger partial charge in [-0.25, -0.2) is 0 Å². The van der Waals surface area contributed by atoms with Crippen LogP contribution in [-0.4, -0.2) is 17.3 Å². The zero-order valence-electron chi connectivity index (χ0n) is 15.0. The molecule has 3 aromatic rings. The van der Waals surface area contributed by atoms with Gasteiger partial charge in [-0.3, -0.25) is 9.69 Å². The topological polar surface area (TPSA) is 42.7 Å². The summed E-state index contributed by atoms with van der Waals surface area (Å²) >= 11 is 18.7. The Morgan fingerprint density at radius 1 is 1.07 bits per heavy atom. The maximum Gasteiger partial charge on any atom is 0.270 e. The smallest absolute Gasteiger partial charge is 0.270 e. The van der Waals surface area contributed by atoms with Crippen molar-refractivity contribution < 1.29 is 13.9 Å². The Labute approximate surface area is 187 Å². The van der Waals surface area contributed by atoms with Crippen LogP contribution in [0.15, 0.2) is 63.9 Å². The van der Waals surface area contributed by atoms with Gasteiger partial charge in [-0.2, -0.15) is 0 Å². The lowest BCUT2D eigenvalue weighted by molar-refractivity contribution is -0.113. The molecule has 29 heavy (non-hydrogen) atoms. The first-order valence-corrected chi connectivity index (χ1v) is 10.4. The highest BCUT2D eigenvalue weighted by Crippen LogP contribution is 2.37. The largest absolute Gasteiger partial charge is 0.497 e. The Balaban J connectivity index is 1.58. The molecule has 1 aliphatic heterocycles. The van der Waals surface area contributed by atoms with E-state index in [1.807, 2.05) is 12.1 Å². The van der Waals surface area contributed by atoms with Crippen LogP contribution in [0.1, 0.15) is 5.76 Å². The predicted molar refractivity (Wildman–Crippen MR) is 123 cm³/mol. The summed E-state index contributed by atoms with van der Waals surface area (Å²) in [4.78, 5) is 14.9. The lowest BCUT2D eigenvalue weighted by Crippen LogP contribution is -2.27. The molecular weight excluding hydrogens is 449 g/mol. The molecule has 2 aromatic carbocycles. The number of hydrogen-bond donors (Lipinski definition) is 0. The summed E-state index contributed by atoms with van der Waals surface area (Å²) < 4.78 is 11.5. The van der Waals surface area contributed by atoms with E-state index < -0.39 is 0 Å². The number of thioether (sulfide) groups is 1. The van der Waals surface area contributed by atoms with E-state index in [1.54, 1.807) is 55.7 Å². The predicted octanol–water partition coefficient (Wildman–Crippen LogP) is 6.67. The number of thiocarbonyl (C=S) groups is 1.